The van der Waals surface area contributed by atoms with Gasteiger partial charge in [-0.15, -0.1) is 0 Å². The van der Waals surface area contributed by atoms with Gasteiger partial charge >= 0.3 is 0 Å². The maximum absolute atomic E-state index is 12.8. The topological polar surface area (TPSA) is 64.9 Å². The van der Waals surface area contributed by atoms with Gasteiger partial charge in [0.1, 0.15) is 22.8 Å². The van der Waals surface area contributed by atoms with Crippen molar-refractivity contribution in [1.82, 2.24) is 9.38 Å². The number of carbonyl (C=O) groups is 1. The van der Waals surface area contributed by atoms with Crippen LogP contribution in [0.15, 0.2) is 36.5 Å². The molecule has 6 nitrogen and oxygen atoms in total. The maximum atomic E-state index is 12.8. The van der Waals surface area contributed by atoms with Crippen molar-refractivity contribution in [3.05, 3.63) is 52.9 Å². The Kier molecular flexibility index (Phi) is 4.31. The van der Waals surface area contributed by atoms with E-state index in [0.29, 0.717) is 39.2 Å². The van der Waals surface area contributed by atoms with Crippen LogP contribution in [-0.2, 0) is 0 Å². The molecule has 0 aliphatic heterocycles. The zero-order valence-corrected chi connectivity index (χ0v) is 14.2. The molecule has 1 aromatic carbocycles. The van der Waals surface area contributed by atoms with Gasteiger partial charge in [-0.1, -0.05) is 11.6 Å². The van der Waals surface area contributed by atoms with Crippen molar-refractivity contribution in [1.29, 1.82) is 0 Å². The molecular formula is C17H16ClN3O3. The van der Waals surface area contributed by atoms with Gasteiger partial charge < -0.3 is 14.8 Å². The van der Waals surface area contributed by atoms with Crippen LogP contribution in [0.1, 0.15) is 16.2 Å². The highest BCUT2D eigenvalue weighted by atomic mass is 35.5. The van der Waals surface area contributed by atoms with Crippen molar-refractivity contribution in [3.63, 3.8) is 0 Å². The Hall–Kier alpha value is -2.73. The molecule has 7 heteroatoms. The molecule has 0 unspecified atom stereocenters. The number of imidazole rings is 1. The highest BCUT2D eigenvalue weighted by Crippen LogP contribution is 2.29. The molecule has 1 N–H and O–H groups in total. The third-order valence-electron chi connectivity index (χ3n) is 3.63. The predicted molar refractivity (Wildman–Crippen MR) is 92.4 cm³/mol. The van der Waals surface area contributed by atoms with Gasteiger partial charge in [-0.3, -0.25) is 9.20 Å². The molecule has 0 aliphatic rings. The molecule has 0 fully saturated rings. The van der Waals surface area contributed by atoms with Crippen molar-refractivity contribution < 1.29 is 14.3 Å². The number of pyridine rings is 1. The maximum Gasteiger partial charge on any atom is 0.274 e. The summed E-state index contributed by atoms with van der Waals surface area (Å²) in [6.45, 7) is 1.78. The Morgan fingerprint density at radius 2 is 2.00 bits per heavy atom. The number of ether oxygens (including phenoxy) is 2. The van der Waals surface area contributed by atoms with Crippen molar-refractivity contribution in [3.8, 4) is 11.5 Å². The molecule has 0 bridgehead atoms. The molecule has 0 saturated heterocycles. The second-order valence-electron chi connectivity index (χ2n) is 5.14. The fourth-order valence-corrected chi connectivity index (χ4v) is 2.66. The summed E-state index contributed by atoms with van der Waals surface area (Å²) < 4.78 is 12.1. The quantitative estimate of drug-likeness (QED) is 0.785. The molecule has 0 radical (unpaired) electrons. The van der Waals surface area contributed by atoms with Gasteiger partial charge in [0.25, 0.3) is 5.91 Å². The van der Waals surface area contributed by atoms with Crippen LogP contribution in [0, 0.1) is 6.92 Å². The number of hydrogen-bond acceptors (Lipinski definition) is 4. The number of carbonyl (C=O) groups excluding carboxylic acids is 1. The van der Waals surface area contributed by atoms with Gasteiger partial charge in [-0.25, -0.2) is 4.98 Å². The third-order valence-corrected chi connectivity index (χ3v) is 3.85. The molecule has 124 valence electrons. The number of aryl methyl sites for hydroxylation is 1. The number of benzene rings is 1. The average Bonchev–Trinajstić information content (AvgIpc) is 2.89. The van der Waals surface area contributed by atoms with Crippen LogP contribution in [-0.4, -0.2) is 29.5 Å². The fourth-order valence-electron chi connectivity index (χ4n) is 2.50. The molecule has 3 aromatic rings. The lowest BCUT2D eigenvalue weighted by Crippen LogP contribution is -2.16. The van der Waals surface area contributed by atoms with E-state index in [1.165, 1.54) is 7.11 Å². The zero-order chi connectivity index (χ0) is 17.3. The van der Waals surface area contributed by atoms with Crippen LogP contribution in [0.2, 0.25) is 5.02 Å². The molecule has 0 atom stereocenters. The first kappa shape index (κ1) is 16.1. The second kappa shape index (κ2) is 6.41. The Labute approximate surface area is 144 Å². The third kappa shape index (κ3) is 2.88. The summed E-state index contributed by atoms with van der Waals surface area (Å²) in [4.78, 5) is 17.2. The Bertz CT molecular complexity index is 921. The van der Waals surface area contributed by atoms with E-state index < -0.39 is 0 Å². The first-order valence-corrected chi connectivity index (χ1v) is 7.59. The van der Waals surface area contributed by atoms with Crippen molar-refractivity contribution in [2.45, 2.75) is 6.92 Å². The van der Waals surface area contributed by atoms with Gasteiger partial charge in [-0.2, -0.15) is 0 Å². The minimum absolute atomic E-state index is 0.311. The van der Waals surface area contributed by atoms with Gasteiger partial charge in [0.05, 0.1) is 30.6 Å². The number of fused-ring (bicyclic) bond motifs is 1. The number of amides is 1. The van der Waals surface area contributed by atoms with Crippen LogP contribution in [0.25, 0.3) is 5.65 Å². The Balaban J connectivity index is 2.02. The van der Waals surface area contributed by atoms with Crippen molar-refractivity contribution >= 4 is 28.8 Å². The molecule has 3 rings (SSSR count). The van der Waals surface area contributed by atoms with E-state index in [4.69, 9.17) is 21.1 Å². The monoisotopic (exact) mass is 345 g/mol. The zero-order valence-electron chi connectivity index (χ0n) is 13.5. The van der Waals surface area contributed by atoms with Crippen LogP contribution in [0.3, 0.4) is 0 Å². The van der Waals surface area contributed by atoms with Gasteiger partial charge in [0.15, 0.2) is 0 Å². The lowest BCUT2D eigenvalue weighted by Gasteiger charge is -2.12. The van der Waals surface area contributed by atoms with E-state index in [-0.39, 0.29) is 5.91 Å². The normalized spacial score (nSPS) is 10.7. The highest BCUT2D eigenvalue weighted by molar-refractivity contribution is 6.30. The van der Waals surface area contributed by atoms with Crippen molar-refractivity contribution in [2.24, 2.45) is 0 Å². The summed E-state index contributed by atoms with van der Waals surface area (Å²) in [5.41, 5.74) is 2.19. The lowest BCUT2D eigenvalue weighted by molar-refractivity contribution is 0.102. The number of methoxy groups -OCH3 is 2. The lowest BCUT2D eigenvalue weighted by atomic mass is 10.2. The summed E-state index contributed by atoms with van der Waals surface area (Å²) >= 11 is 6.04. The number of rotatable bonds is 4. The minimum atomic E-state index is -0.311. The number of hydrogen-bond donors (Lipinski definition) is 1. The SMILES string of the molecule is COc1ccc(OC)c(NC(=O)c2c(C)nc3ccc(Cl)cn23)c1. The van der Waals surface area contributed by atoms with Crippen LogP contribution in [0.4, 0.5) is 5.69 Å². The van der Waals surface area contributed by atoms with Gasteiger partial charge in [0.2, 0.25) is 0 Å². The van der Waals surface area contributed by atoms with Gasteiger partial charge in [0, 0.05) is 12.3 Å². The highest BCUT2D eigenvalue weighted by Gasteiger charge is 2.18. The summed E-state index contributed by atoms with van der Waals surface area (Å²) in [5, 5.41) is 3.36. The Morgan fingerprint density at radius 1 is 1.21 bits per heavy atom. The van der Waals surface area contributed by atoms with Crippen LogP contribution < -0.4 is 14.8 Å². The van der Waals surface area contributed by atoms with E-state index in [9.17, 15) is 4.79 Å². The summed E-state index contributed by atoms with van der Waals surface area (Å²) in [7, 11) is 3.10. The molecule has 1 amide bonds. The number of aromatic nitrogens is 2. The first-order valence-electron chi connectivity index (χ1n) is 7.21. The smallest absolute Gasteiger partial charge is 0.274 e. The fraction of sp³-hybridized carbons (Fsp3) is 0.176. The van der Waals surface area contributed by atoms with Crippen LogP contribution in [0.5, 0.6) is 11.5 Å². The molecule has 0 spiro atoms. The van der Waals surface area contributed by atoms with Crippen LogP contribution >= 0.6 is 11.6 Å². The van der Waals surface area contributed by atoms with E-state index in [2.05, 4.69) is 10.3 Å². The number of nitrogens with zero attached hydrogens (tertiary/aromatic N) is 2. The predicted octanol–water partition coefficient (Wildman–Crippen LogP) is 3.57. The summed E-state index contributed by atoms with van der Waals surface area (Å²) in [5.74, 6) is 0.839. The van der Waals surface area contributed by atoms with Crippen molar-refractivity contribution in [2.75, 3.05) is 19.5 Å². The van der Waals surface area contributed by atoms with E-state index in [1.54, 1.807) is 55.0 Å². The molecule has 0 saturated carbocycles. The molecular weight excluding hydrogens is 330 g/mol. The van der Waals surface area contributed by atoms with Gasteiger partial charge in [-0.05, 0) is 31.2 Å². The second-order valence-corrected chi connectivity index (χ2v) is 5.58. The Morgan fingerprint density at radius 3 is 2.71 bits per heavy atom. The number of anilines is 1. The largest absolute Gasteiger partial charge is 0.497 e. The van der Waals surface area contributed by atoms with E-state index >= 15 is 0 Å². The number of halogens is 1. The molecule has 2 aromatic heterocycles. The summed E-state index contributed by atoms with van der Waals surface area (Å²) in [6.07, 6.45) is 1.66. The standard InChI is InChI=1S/C17H16ClN3O3/c1-10-16(21-9-11(18)4-7-15(21)19-10)17(22)20-13-8-12(23-2)5-6-14(13)24-3/h4-9H,1-3H3,(H,20,22). The number of nitrogens with one attached hydrogen (secondary N) is 1. The van der Waals surface area contributed by atoms with E-state index in [0.717, 1.165) is 0 Å². The molecule has 24 heavy (non-hydrogen) atoms. The molecule has 0 aliphatic carbocycles. The average molecular weight is 346 g/mol. The first-order chi connectivity index (χ1) is 11.5. The minimum Gasteiger partial charge on any atom is -0.497 e. The molecule has 2 heterocycles. The van der Waals surface area contributed by atoms with E-state index in [1.807, 2.05) is 0 Å². The summed E-state index contributed by atoms with van der Waals surface area (Å²) in [6, 6.07) is 8.68.